The molecule has 0 saturated heterocycles. The Bertz CT molecular complexity index is 1110. The monoisotopic (exact) mass is 493 g/mol. The number of carboxylic acids is 1. The summed E-state index contributed by atoms with van der Waals surface area (Å²) in [5.41, 5.74) is 1.16. The molecule has 2 aromatic carbocycles. The Balaban J connectivity index is 1.71. The first-order valence-corrected chi connectivity index (χ1v) is 12.5. The van der Waals surface area contributed by atoms with Gasteiger partial charge in [-0.1, -0.05) is 22.0 Å². The number of benzene rings is 2. The molecular formula is C22H24BrNO5S. The molecule has 30 heavy (non-hydrogen) atoms. The highest BCUT2D eigenvalue weighted by molar-refractivity contribution is 9.10. The number of rotatable bonds is 8. The lowest BCUT2D eigenvalue weighted by molar-refractivity contribution is 0.0693. The molecule has 0 amide bonds. The van der Waals surface area contributed by atoms with Crippen LogP contribution in [0.5, 0.6) is 5.75 Å². The van der Waals surface area contributed by atoms with Gasteiger partial charge in [-0.15, -0.1) is 0 Å². The van der Waals surface area contributed by atoms with Gasteiger partial charge >= 0.3 is 5.97 Å². The Morgan fingerprint density at radius 1 is 1.20 bits per heavy atom. The Labute approximate surface area is 184 Å². The zero-order valence-corrected chi connectivity index (χ0v) is 19.0. The van der Waals surface area contributed by atoms with E-state index >= 15 is 0 Å². The summed E-state index contributed by atoms with van der Waals surface area (Å²) in [6.07, 6.45) is 4.14. The van der Waals surface area contributed by atoms with Crippen molar-refractivity contribution in [2.45, 2.75) is 55.2 Å². The number of phenols is 1. The molecule has 6 nitrogen and oxygen atoms in total. The molecule has 2 saturated carbocycles. The minimum atomic E-state index is -3.85. The normalized spacial score (nSPS) is 17.5. The van der Waals surface area contributed by atoms with Gasteiger partial charge in [-0.05, 0) is 74.3 Å². The number of aromatic hydroxyl groups is 1. The summed E-state index contributed by atoms with van der Waals surface area (Å²) in [5.74, 6) is -1.44. The van der Waals surface area contributed by atoms with Crippen LogP contribution in [0.25, 0.3) is 0 Å². The summed E-state index contributed by atoms with van der Waals surface area (Å²) in [6.45, 7) is 2.04. The summed E-state index contributed by atoms with van der Waals surface area (Å²) >= 11 is 3.35. The largest absolute Gasteiger partial charge is 0.507 e. The van der Waals surface area contributed by atoms with Crippen LogP contribution >= 0.6 is 15.9 Å². The highest BCUT2D eigenvalue weighted by Crippen LogP contribution is 2.43. The first kappa shape index (κ1) is 21.2. The van der Waals surface area contributed by atoms with Gasteiger partial charge in [0.25, 0.3) is 0 Å². The van der Waals surface area contributed by atoms with Crippen LogP contribution in [0.2, 0.25) is 0 Å². The van der Waals surface area contributed by atoms with Gasteiger partial charge in [0, 0.05) is 16.1 Å². The van der Waals surface area contributed by atoms with Crippen molar-refractivity contribution in [3.8, 4) is 5.75 Å². The highest BCUT2D eigenvalue weighted by Gasteiger charge is 2.31. The van der Waals surface area contributed by atoms with E-state index in [0.29, 0.717) is 16.1 Å². The Hall–Kier alpha value is -2.06. The van der Waals surface area contributed by atoms with Gasteiger partial charge in [-0.3, -0.25) is 0 Å². The average molecular weight is 494 g/mol. The number of halogens is 1. The molecule has 0 aromatic heterocycles. The smallest absolute Gasteiger partial charge is 0.339 e. The van der Waals surface area contributed by atoms with Crippen molar-refractivity contribution >= 4 is 37.4 Å². The van der Waals surface area contributed by atoms with Crippen molar-refractivity contribution < 1.29 is 23.4 Å². The SMILES string of the molecule is C[C@@H](Nc1ccc(Br)cc1S(=O)(=O)Cc1cc(C2CC2)cc(C(=O)O)c1O)C1CC1. The van der Waals surface area contributed by atoms with Gasteiger partial charge in [-0.25, -0.2) is 13.2 Å². The van der Waals surface area contributed by atoms with Crippen molar-refractivity contribution in [1.29, 1.82) is 0 Å². The lowest BCUT2D eigenvalue weighted by Gasteiger charge is -2.19. The second-order valence-electron chi connectivity index (χ2n) is 8.33. The molecule has 2 aliphatic rings. The molecule has 2 fully saturated rings. The maximum atomic E-state index is 13.4. The molecule has 8 heteroatoms. The summed E-state index contributed by atoms with van der Waals surface area (Å²) in [6, 6.07) is 8.32. The quantitative estimate of drug-likeness (QED) is 0.482. The van der Waals surface area contributed by atoms with Crippen LogP contribution in [0.3, 0.4) is 0 Å². The molecule has 1 atom stereocenters. The first-order chi connectivity index (χ1) is 14.2. The van der Waals surface area contributed by atoms with Crippen molar-refractivity contribution in [3.63, 3.8) is 0 Å². The van der Waals surface area contributed by atoms with Gasteiger partial charge < -0.3 is 15.5 Å². The maximum Gasteiger partial charge on any atom is 0.339 e. The van der Waals surface area contributed by atoms with Gasteiger partial charge in [0.2, 0.25) is 0 Å². The zero-order chi connectivity index (χ0) is 21.6. The third kappa shape index (κ3) is 4.49. The predicted octanol–water partition coefficient (Wildman–Crippen LogP) is 4.91. The van der Waals surface area contributed by atoms with E-state index in [0.717, 1.165) is 31.2 Å². The molecule has 0 unspecified atom stereocenters. The number of aromatic carboxylic acids is 1. The summed E-state index contributed by atoms with van der Waals surface area (Å²) < 4.78 is 27.3. The van der Waals surface area contributed by atoms with Crippen molar-refractivity contribution in [2.24, 2.45) is 5.92 Å². The predicted molar refractivity (Wildman–Crippen MR) is 118 cm³/mol. The molecular weight excluding hydrogens is 470 g/mol. The van der Waals surface area contributed by atoms with Gasteiger partial charge in [0.1, 0.15) is 11.3 Å². The van der Waals surface area contributed by atoms with E-state index in [2.05, 4.69) is 21.2 Å². The number of sulfone groups is 1. The van der Waals surface area contributed by atoms with Gasteiger partial charge in [0.15, 0.2) is 9.84 Å². The van der Waals surface area contributed by atoms with Crippen molar-refractivity contribution in [3.05, 3.63) is 51.5 Å². The van der Waals surface area contributed by atoms with Crippen molar-refractivity contribution in [1.82, 2.24) is 0 Å². The lowest BCUT2D eigenvalue weighted by atomic mass is 10.0. The molecule has 0 spiro atoms. The van der Waals surface area contributed by atoms with Crippen LogP contribution in [-0.2, 0) is 15.6 Å². The van der Waals surface area contributed by atoms with Crippen LogP contribution in [0, 0.1) is 5.92 Å². The molecule has 0 radical (unpaired) electrons. The van der Waals surface area contributed by atoms with E-state index in [-0.39, 0.29) is 28.0 Å². The van der Waals surface area contributed by atoms with E-state index in [1.165, 1.54) is 6.07 Å². The third-order valence-electron chi connectivity index (χ3n) is 5.83. The second-order valence-corrected chi connectivity index (χ2v) is 11.2. The summed E-state index contributed by atoms with van der Waals surface area (Å²) in [5, 5.41) is 23.2. The van der Waals surface area contributed by atoms with Gasteiger partial charge in [-0.2, -0.15) is 0 Å². The number of nitrogens with one attached hydrogen (secondary N) is 1. The maximum absolute atomic E-state index is 13.4. The fraction of sp³-hybridized carbons (Fsp3) is 0.409. The van der Waals surface area contributed by atoms with Crippen LogP contribution in [0.15, 0.2) is 39.7 Å². The fourth-order valence-electron chi connectivity index (χ4n) is 3.76. The van der Waals surface area contributed by atoms with Crippen LogP contribution in [0.1, 0.15) is 60.0 Å². The minimum absolute atomic E-state index is 0.123. The average Bonchev–Trinajstić information content (AvgIpc) is 3.55. The second kappa shape index (κ2) is 7.89. The molecule has 0 heterocycles. The number of hydrogen-bond acceptors (Lipinski definition) is 5. The zero-order valence-electron chi connectivity index (χ0n) is 16.6. The highest BCUT2D eigenvalue weighted by atomic mass is 79.9. The number of hydrogen-bond donors (Lipinski definition) is 3. The standard InChI is InChI=1S/C22H24BrNO5S/c1-12(13-2-3-13)24-19-7-6-17(23)10-20(19)30(28,29)11-16-8-15(14-4-5-14)9-18(21(16)25)22(26)27/h6-10,12-14,24-25H,2-5,11H2,1H3,(H,26,27)/t12-/m1/s1. The fourth-order valence-corrected chi connectivity index (χ4v) is 5.83. The first-order valence-electron chi connectivity index (χ1n) is 10.0. The summed E-state index contributed by atoms with van der Waals surface area (Å²) in [4.78, 5) is 11.7. The number of anilines is 1. The molecule has 2 aliphatic carbocycles. The molecule has 3 N–H and O–H groups in total. The van der Waals surface area contributed by atoms with Crippen molar-refractivity contribution in [2.75, 3.05) is 5.32 Å². The third-order valence-corrected chi connectivity index (χ3v) is 8.02. The number of carboxylic acid groups (broad SMARTS) is 1. The molecule has 2 aromatic rings. The van der Waals surface area contributed by atoms with E-state index in [1.807, 2.05) is 6.92 Å². The minimum Gasteiger partial charge on any atom is -0.507 e. The molecule has 0 bridgehead atoms. The lowest BCUT2D eigenvalue weighted by Crippen LogP contribution is -2.19. The Morgan fingerprint density at radius 2 is 1.90 bits per heavy atom. The summed E-state index contributed by atoms with van der Waals surface area (Å²) in [7, 11) is -3.85. The molecule has 4 rings (SSSR count). The van der Waals surface area contributed by atoms with E-state index < -0.39 is 27.3 Å². The van der Waals surface area contributed by atoms with Gasteiger partial charge in [0.05, 0.1) is 16.3 Å². The van der Waals surface area contributed by atoms with E-state index in [9.17, 15) is 23.4 Å². The topological polar surface area (TPSA) is 104 Å². The van der Waals surface area contributed by atoms with E-state index in [1.54, 1.807) is 24.3 Å². The van der Waals surface area contributed by atoms with Crippen LogP contribution in [-0.4, -0.2) is 30.6 Å². The Kier molecular flexibility index (Phi) is 5.57. The number of carbonyl (C=O) groups is 1. The van der Waals surface area contributed by atoms with E-state index in [4.69, 9.17) is 0 Å². The molecule has 160 valence electrons. The van der Waals surface area contributed by atoms with Crippen LogP contribution < -0.4 is 5.32 Å². The van der Waals surface area contributed by atoms with Crippen LogP contribution in [0.4, 0.5) is 5.69 Å². The molecule has 0 aliphatic heterocycles. The Morgan fingerprint density at radius 3 is 2.50 bits per heavy atom.